The summed E-state index contributed by atoms with van der Waals surface area (Å²) in [5.74, 6) is 5.46. The van der Waals surface area contributed by atoms with E-state index in [4.69, 9.17) is 9.47 Å². The molecule has 0 aliphatic rings. The van der Waals surface area contributed by atoms with Gasteiger partial charge in [0.05, 0.1) is 12.4 Å². The zero-order chi connectivity index (χ0) is 34.2. The van der Waals surface area contributed by atoms with Crippen LogP contribution in [0.15, 0.2) is 18.6 Å². The summed E-state index contributed by atoms with van der Waals surface area (Å²) < 4.78 is 14.4. The summed E-state index contributed by atoms with van der Waals surface area (Å²) in [7, 11) is -4.86. The lowest BCUT2D eigenvalue weighted by molar-refractivity contribution is -0.111. The van der Waals surface area contributed by atoms with Crippen LogP contribution in [0.4, 0.5) is 0 Å². The topological polar surface area (TPSA) is 117 Å². The Morgan fingerprint density at radius 3 is 1.73 bits per heavy atom. The molecular weight excluding hydrogens is 621 g/mol. The van der Waals surface area contributed by atoms with E-state index in [1.54, 1.807) is 34.9 Å². The molecule has 0 aliphatic carbocycles. The molecule has 1 atom stereocenters. The molecule has 2 aromatic rings. The Labute approximate surface area is 270 Å². The zero-order valence-electron chi connectivity index (χ0n) is 29.8. The molecule has 0 saturated carbocycles. The van der Waals surface area contributed by atoms with Gasteiger partial charge in [-0.25, -0.2) is 9.36 Å². The Morgan fingerprint density at radius 2 is 1.34 bits per heavy atom. The van der Waals surface area contributed by atoms with Gasteiger partial charge in [-0.05, 0) is 24.9 Å². The molecule has 2 aromatic heterocycles. The monoisotopic (exact) mass is 678 g/mol. The van der Waals surface area contributed by atoms with Crippen LogP contribution in [0.2, 0.25) is 90.7 Å². The lowest BCUT2D eigenvalue weighted by atomic mass is 10.1. The highest BCUT2D eigenvalue weighted by molar-refractivity contribution is 6.84. The molecule has 0 fully saturated rings. The van der Waals surface area contributed by atoms with Gasteiger partial charge in [-0.15, -0.1) is 21.3 Å². The fraction of sp³-hybridized carbons (Fsp3) is 0.700. The quantitative estimate of drug-likeness (QED) is 0.182. The number of hydrogen-bond acceptors (Lipinski definition) is 8. The fourth-order valence-corrected chi connectivity index (χ4v) is 5.29. The normalized spacial score (nSPS) is 13.1. The standard InChI is InChI=1S/C15H29N3O2Si2.C8H17N3OSi.C7H12OSi/c1-15(19,8-10-21(2,3)4)14-12-18(17-16-14)13-20-9-11-22(5,6)7;1-13(2,3)7-6-12-8-11-5-4-9-10-11;1-7(8)5-6-9(2,3)4/h12,19H,9,11,13H2,1-7H3;4-5H,6-8H2,1-3H3;1-4H3. The van der Waals surface area contributed by atoms with E-state index >= 15 is 0 Å². The molecule has 0 aliphatic heterocycles. The molecule has 44 heavy (non-hydrogen) atoms. The summed E-state index contributed by atoms with van der Waals surface area (Å²) in [5.41, 5.74) is 5.33. The molecule has 0 bridgehead atoms. The zero-order valence-corrected chi connectivity index (χ0v) is 33.8. The van der Waals surface area contributed by atoms with Crippen molar-refractivity contribution < 1.29 is 19.4 Å². The van der Waals surface area contributed by atoms with Crippen LogP contribution in [-0.4, -0.2) is 86.4 Å². The number of aliphatic hydroxyl groups is 1. The van der Waals surface area contributed by atoms with E-state index in [2.05, 4.69) is 122 Å². The Bertz CT molecular complexity index is 1230. The van der Waals surface area contributed by atoms with Crippen molar-refractivity contribution in [3.05, 3.63) is 24.3 Å². The minimum atomic E-state index is -1.53. The molecule has 14 heteroatoms. The number of carbonyl (C=O) groups excluding carboxylic acids is 1. The van der Waals surface area contributed by atoms with Gasteiger partial charge in [-0.3, -0.25) is 4.79 Å². The minimum Gasteiger partial charge on any atom is -0.372 e. The third kappa shape index (κ3) is 25.2. The van der Waals surface area contributed by atoms with Gasteiger partial charge in [0.2, 0.25) is 5.78 Å². The second-order valence-electron chi connectivity index (χ2n) is 15.4. The summed E-state index contributed by atoms with van der Waals surface area (Å²) >= 11 is 0. The molecule has 1 unspecified atom stereocenters. The maximum absolute atomic E-state index is 10.4. The van der Waals surface area contributed by atoms with Crippen LogP contribution >= 0.6 is 0 Å². The Balaban J connectivity index is 0.000000709. The van der Waals surface area contributed by atoms with Gasteiger partial charge in [-0.1, -0.05) is 94.9 Å². The molecular formula is C30H58N6O4Si4. The first-order valence-electron chi connectivity index (χ1n) is 15.1. The second-order valence-corrected chi connectivity index (χ2v) is 36.2. The summed E-state index contributed by atoms with van der Waals surface area (Å²) in [5, 5.41) is 26.0. The molecule has 2 heterocycles. The molecule has 0 amide bonds. The number of ketones is 1. The molecule has 1 N–H and O–H groups in total. The summed E-state index contributed by atoms with van der Waals surface area (Å²) in [6.45, 7) is 32.3. The van der Waals surface area contributed by atoms with Crippen molar-refractivity contribution in [3.8, 4) is 22.9 Å². The van der Waals surface area contributed by atoms with Crippen molar-refractivity contribution in [2.75, 3.05) is 13.2 Å². The van der Waals surface area contributed by atoms with Gasteiger partial charge in [-0.2, -0.15) is 0 Å². The molecule has 10 nitrogen and oxygen atoms in total. The van der Waals surface area contributed by atoms with Crippen LogP contribution in [0.3, 0.4) is 0 Å². The van der Waals surface area contributed by atoms with E-state index in [9.17, 15) is 9.90 Å². The van der Waals surface area contributed by atoms with Crippen molar-refractivity contribution in [2.24, 2.45) is 0 Å². The first-order valence-corrected chi connectivity index (χ1v) is 29.5. The highest BCUT2D eigenvalue weighted by Gasteiger charge is 2.25. The van der Waals surface area contributed by atoms with Gasteiger partial charge in [0.25, 0.3) is 0 Å². The SMILES string of the molecule is CC(=O)C#C[Si](C)(C)C.CC(O)(C#C[Si](C)(C)C)c1cn(COCC[Si](C)(C)C)nn1.C[Si](C)(C)CCOCn1ccnn1. The molecule has 0 saturated heterocycles. The molecule has 0 aromatic carbocycles. The van der Waals surface area contributed by atoms with Crippen molar-refractivity contribution >= 4 is 38.1 Å². The number of hydrogen-bond donors (Lipinski definition) is 1. The smallest absolute Gasteiger partial charge is 0.201 e. The van der Waals surface area contributed by atoms with Gasteiger partial charge in [0, 0.05) is 42.5 Å². The molecule has 248 valence electrons. The number of aromatic nitrogens is 6. The van der Waals surface area contributed by atoms with E-state index in [0.717, 1.165) is 19.3 Å². The maximum Gasteiger partial charge on any atom is 0.201 e. The molecule has 0 spiro atoms. The van der Waals surface area contributed by atoms with Gasteiger partial charge in [0.15, 0.2) is 5.60 Å². The van der Waals surface area contributed by atoms with Crippen LogP contribution in [0.1, 0.15) is 19.5 Å². The highest BCUT2D eigenvalue weighted by atomic mass is 28.3. The fourth-order valence-electron chi connectivity index (χ4n) is 2.61. The van der Waals surface area contributed by atoms with Crippen LogP contribution in [0.5, 0.6) is 0 Å². The second kappa shape index (κ2) is 18.7. The Morgan fingerprint density at radius 1 is 0.841 bits per heavy atom. The lowest BCUT2D eigenvalue weighted by Gasteiger charge is -2.15. The first-order chi connectivity index (χ1) is 19.9. The van der Waals surface area contributed by atoms with E-state index in [1.165, 1.54) is 13.0 Å². The highest BCUT2D eigenvalue weighted by Crippen LogP contribution is 2.17. The maximum atomic E-state index is 10.4. The number of carbonyl (C=O) groups is 1. The third-order valence-corrected chi connectivity index (χ3v) is 10.4. The molecule has 0 radical (unpaired) electrons. The van der Waals surface area contributed by atoms with Crippen molar-refractivity contribution in [3.63, 3.8) is 0 Å². The lowest BCUT2D eigenvalue weighted by Crippen LogP contribution is -2.23. The van der Waals surface area contributed by atoms with Gasteiger partial charge < -0.3 is 14.6 Å². The van der Waals surface area contributed by atoms with E-state index in [-0.39, 0.29) is 5.78 Å². The first kappa shape index (κ1) is 41.8. The van der Waals surface area contributed by atoms with E-state index in [0.29, 0.717) is 19.2 Å². The molecule has 2 rings (SSSR count). The van der Waals surface area contributed by atoms with Crippen LogP contribution < -0.4 is 0 Å². The number of ether oxygens (including phenoxy) is 2. The Hall–Kier alpha value is -2.18. The van der Waals surface area contributed by atoms with Crippen LogP contribution in [-0.2, 0) is 33.3 Å². The van der Waals surface area contributed by atoms with Gasteiger partial charge >= 0.3 is 0 Å². The predicted octanol–water partition coefficient (Wildman–Crippen LogP) is 5.73. The summed E-state index contributed by atoms with van der Waals surface area (Å²) in [4.78, 5) is 10.3. The average Bonchev–Trinajstić information content (AvgIpc) is 3.54. The van der Waals surface area contributed by atoms with Crippen LogP contribution in [0, 0.1) is 22.9 Å². The van der Waals surface area contributed by atoms with E-state index in [1.807, 2.05) is 0 Å². The van der Waals surface area contributed by atoms with E-state index < -0.39 is 37.9 Å². The number of rotatable bonds is 11. The van der Waals surface area contributed by atoms with Crippen molar-refractivity contribution in [1.82, 2.24) is 30.0 Å². The largest absolute Gasteiger partial charge is 0.372 e. The van der Waals surface area contributed by atoms with Crippen molar-refractivity contribution in [2.45, 2.75) is 124 Å². The number of Topliss-reactive ketones (excluding diaryl/α,β-unsaturated/α-hetero) is 1. The van der Waals surface area contributed by atoms with Crippen molar-refractivity contribution in [1.29, 1.82) is 0 Å². The predicted molar refractivity (Wildman–Crippen MR) is 191 cm³/mol. The number of nitrogens with zero attached hydrogens (tertiary/aromatic N) is 6. The minimum absolute atomic E-state index is 0.0302. The summed E-state index contributed by atoms with van der Waals surface area (Å²) in [6, 6.07) is 2.32. The van der Waals surface area contributed by atoms with Crippen LogP contribution in [0.25, 0.3) is 0 Å². The Kier molecular flexibility index (Phi) is 17.8. The summed E-state index contributed by atoms with van der Waals surface area (Å²) in [6.07, 6.45) is 5.16. The average molecular weight is 679 g/mol. The third-order valence-electron chi connectivity index (χ3n) is 5.24. The van der Waals surface area contributed by atoms with Gasteiger partial charge in [0.1, 0.15) is 35.3 Å².